The van der Waals surface area contributed by atoms with Crippen molar-refractivity contribution in [1.82, 2.24) is 0 Å². The summed E-state index contributed by atoms with van der Waals surface area (Å²) in [5, 5.41) is 24.4. The van der Waals surface area contributed by atoms with E-state index in [0.29, 0.717) is 0 Å². The van der Waals surface area contributed by atoms with E-state index in [-0.39, 0.29) is 12.8 Å². The molecule has 0 aliphatic carbocycles. The lowest BCUT2D eigenvalue weighted by atomic mass is 10.2. The highest BCUT2D eigenvalue weighted by Gasteiger charge is 2.24. The summed E-state index contributed by atoms with van der Waals surface area (Å²) in [6.45, 7) is -0.723. The molecule has 0 fully saturated rings. The Morgan fingerprint density at radius 2 is 1.10 bits per heavy atom. The van der Waals surface area contributed by atoms with Crippen LogP contribution in [-0.2, 0) is 33.1 Å². The van der Waals surface area contributed by atoms with Crippen LogP contribution in [0.5, 0.6) is 0 Å². The summed E-state index contributed by atoms with van der Waals surface area (Å²) in [4.78, 5) is 66.3. The van der Waals surface area contributed by atoms with E-state index < -0.39 is 62.3 Å². The maximum atomic E-state index is 10.4. The summed E-state index contributed by atoms with van der Waals surface area (Å²) in [6.07, 6.45) is -0.620. The topological polar surface area (TPSA) is 343 Å². The molecule has 29 heavy (non-hydrogen) atoms. The third-order valence-electron chi connectivity index (χ3n) is 2.18. The van der Waals surface area contributed by atoms with Crippen LogP contribution in [0.3, 0.4) is 0 Å². The molecule has 0 aromatic carbocycles. The van der Waals surface area contributed by atoms with Crippen LogP contribution >= 0.6 is 7.82 Å². The number of rotatable bonds is 9. The van der Waals surface area contributed by atoms with Crippen molar-refractivity contribution >= 4 is 37.5 Å². The van der Waals surface area contributed by atoms with Crippen LogP contribution in [0.25, 0.3) is 0 Å². The maximum Gasteiger partial charge on any atom is 0.527 e. The van der Waals surface area contributed by atoms with Gasteiger partial charge in [-0.25, -0.2) is 9.36 Å². The minimum Gasteiger partial charge on any atom is -0.480 e. The Balaban J connectivity index is -0.000000352. The van der Waals surface area contributed by atoms with E-state index in [4.69, 9.17) is 42.3 Å². The summed E-state index contributed by atoms with van der Waals surface area (Å²) in [7, 11) is -4.83. The van der Waals surface area contributed by atoms with Gasteiger partial charge in [0.1, 0.15) is 18.1 Å². The van der Waals surface area contributed by atoms with Crippen LogP contribution in [0, 0.1) is 0 Å². The summed E-state index contributed by atoms with van der Waals surface area (Å²) < 4.78 is 13.5. The Kier molecular flexibility index (Phi) is 16.4. The van der Waals surface area contributed by atoms with Gasteiger partial charge in [0.2, 0.25) is 11.8 Å². The zero-order valence-electron chi connectivity index (χ0n) is 14.8. The summed E-state index contributed by atoms with van der Waals surface area (Å²) in [6, 6.07) is -3.74. The molecular weight excluding hydrogens is 425 g/mol. The third kappa shape index (κ3) is 23.3. The fourth-order valence-corrected chi connectivity index (χ4v) is 1.24. The lowest BCUT2D eigenvalue weighted by Gasteiger charge is -2.08. The predicted molar refractivity (Wildman–Crippen MR) is 92.0 cm³/mol. The highest BCUT2D eigenvalue weighted by atomic mass is 31.2. The van der Waals surface area contributed by atoms with Crippen LogP contribution in [0.4, 0.5) is 0 Å². The molecule has 15 N–H and O–H groups in total. The van der Waals surface area contributed by atoms with Crippen LogP contribution in [0.1, 0.15) is 12.8 Å². The van der Waals surface area contributed by atoms with E-state index in [1.165, 1.54) is 0 Å². The van der Waals surface area contributed by atoms with Gasteiger partial charge in [-0.2, -0.15) is 0 Å². The zero-order chi connectivity index (χ0) is 23.9. The van der Waals surface area contributed by atoms with Crippen molar-refractivity contribution in [3.8, 4) is 0 Å². The number of aliphatic carboxylic acids is 2. The van der Waals surface area contributed by atoms with Crippen molar-refractivity contribution in [2.45, 2.75) is 31.0 Å². The molecule has 170 valence electrons. The first-order valence-electron chi connectivity index (χ1n) is 7.13. The van der Waals surface area contributed by atoms with Gasteiger partial charge in [-0.05, 0) is 0 Å². The number of amides is 2. The normalized spacial score (nSPS) is 13.2. The smallest absolute Gasteiger partial charge is 0.480 e. The van der Waals surface area contributed by atoms with Gasteiger partial charge in [0.15, 0.2) is 0 Å². The molecule has 0 bridgehead atoms. The summed E-state index contributed by atoms with van der Waals surface area (Å²) in [5.41, 5.74) is 24.0. The predicted octanol–water partition coefficient (Wildman–Crippen LogP) is -5.51. The number of carbonyl (C=O) groups excluding carboxylic acids is 3. The minimum atomic E-state index is -4.83. The van der Waals surface area contributed by atoms with Gasteiger partial charge in [-0.15, -0.1) is 0 Å². The number of carboxylic acids is 2. The number of carbonyl (C=O) groups is 5. The first-order chi connectivity index (χ1) is 12.9. The first-order valence-corrected chi connectivity index (χ1v) is 8.66. The van der Waals surface area contributed by atoms with Gasteiger partial charge in [-0.1, -0.05) is 0 Å². The lowest BCUT2D eigenvalue weighted by Crippen LogP contribution is -2.34. The molecule has 0 radical (unpaired) electrons. The minimum absolute atomic E-state index is 0.310. The molecule has 0 unspecified atom stereocenters. The van der Waals surface area contributed by atoms with Crippen LogP contribution in [-0.4, -0.2) is 79.6 Å². The highest BCUT2D eigenvalue weighted by Crippen LogP contribution is 2.35. The molecule has 2 amide bonds. The van der Waals surface area contributed by atoms with Gasteiger partial charge >= 0.3 is 25.7 Å². The second-order valence-electron chi connectivity index (χ2n) is 4.92. The third-order valence-corrected chi connectivity index (χ3v) is 2.60. The second kappa shape index (κ2) is 15.3. The molecule has 0 aromatic rings. The van der Waals surface area contributed by atoms with Gasteiger partial charge in [-0.3, -0.25) is 29.0 Å². The van der Waals surface area contributed by atoms with Gasteiger partial charge in [0.05, 0.1) is 19.4 Å². The SMILES string of the molecule is NC(=O)C[C@H](N)C(=O)O.NC(=O)C[C@H](N)C(=O)O.N[C@@H](CO)C(=O)OP(=O)(O)O. The number of carboxylic acid groups (broad SMARTS) is 2. The number of primary amides is 2. The molecular formula is C11H24N5O12P. The van der Waals surface area contributed by atoms with E-state index >= 15 is 0 Å². The number of nitrogens with two attached hydrogens (primary N) is 5. The van der Waals surface area contributed by atoms with E-state index in [1.807, 2.05) is 0 Å². The Morgan fingerprint density at radius 3 is 1.24 bits per heavy atom. The average molecular weight is 449 g/mol. The fourth-order valence-electron chi connectivity index (χ4n) is 0.868. The molecule has 18 heteroatoms. The molecule has 0 rings (SSSR count). The number of aliphatic hydroxyl groups is 1. The first kappa shape index (κ1) is 31.0. The van der Waals surface area contributed by atoms with Crippen molar-refractivity contribution in [3.05, 3.63) is 0 Å². The van der Waals surface area contributed by atoms with Crippen LogP contribution in [0.15, 0.2) is 0 Å². The van der Waals surface area contributed by atoms with Crippen LogP contribution in [0.2, 0.25) is 0 Å². The molecule has 0 heterocycles. The van der Waals surface area contributed by atoms with Gasteiger partial charge in [0, 0.05) is 0 Å². The molecule has 0 aliphatic rings. The van der Waals surface area contributed by atoms with Crippen LogP contribution < -0.4 is 28.7 Å². The van der Waals surface area contributed by atoms with E-state index in [1.54, 1.807) is 0 Å². The fraction of sp³-hybridized carbons (Fsp3) is 0.545. The Morgan fingerprint density at radius 1 is 0.793 bits per heavy atom. The van der Waals surface area contributed by atoms with Gasteiger partial charge < -0.3 is 48.5 Å². The molecule has 0 saturated heterocycles. The lowest BCUT2D eigenvalue weighted by molar-refractivity contribution is -0.140. The van der Waals surface area contributed by atoms with Crippen molar-refractivity contribution in [1.29, 1.82) is 0 Å². The second-order valence-corrected chi connectivity index (χ2v) is 6.08. The van der Waals surface area contributed by atoms with Crippen molar-refractivity contribution in [2.24, 2.45) is 28.7 Å². The Bertz CT molecular complexity index is 591. The highest BCUT2D eigenvalue weighted by molar-refractivity contribution is 7.46. The van der Waals surface area contributed by atoms with Gasteiger partial charge in [0.25, 0.3) is 0 Å². The number of phosphoric acid groups is 1. The molecule has 17 nitrogen and oxygen atoms in total. The monoisotopic (exact) mass is 449 g/mol. The zero-order valence-corrected chi connectivity index (χ0v) is 15.7. The number of aliphatic hydroxyl groups excluding tert-OH is 1. The number of hydrogen-bond donors (Lipinski definition) is 10. The Labute approximate surface area is 163 Å². The molecule has 0 aromatic heterocycles. The van der Waals surface area contributed by atoms with E-state index in [0.717, 1.165) is 0 Å². The molecule has 0 spiro atoms. The van der Waals surface area contributed by atoms with E-state index in [2.05, 4.69) is 16.0 Å². The quantitative estimate of drug-likeness (QED) is 0.147. The van der Waals surface area contributed by atoms with Crippen molar-refractivity contribution in [3.63, 3.8) is 0 Å². The molecule has 3 atom stereocenters. The maximum absolute atomic E-state index is 10.4. The Hall–Kier alpha value is -2.66. The van der Waals surface area contributed by atoms with Crippen molar-refractivity contribution < 1.29 is 58.2 Å². The largest absolute Gasteiger partial charge is 0.527 e. The standard InChI is InChI=1S/2C4H8N2O3.C3H8NO6P/c2*5-2(4(8)9)1-3(6)7;4-2(1-5)3(6)10-11(7,8)9/h2*2H,1,5H2,(H2,6,7)(H,8,9);2,5H,1,4H2,(H2,7,8,9)/t3*2-/m000/s1. The van der Waals surface area contributed by atoms with E-state index in [9.17, 15) is 28.5 Å². The average Bonchev–Trinajstić information content (AvgIpc) is 2.52. The van der Waals surface area contributed by atoms with Crippen molar-refractivity contribution in [2.75, 3.05) is 6.61 Å². The number of hydrogen-bond acceptors (Lipinski definition) is 11. The summed E-state index contributed by atoms with van der Waals surface area (Å²) in [5.74, 6) is -5.17. The summed E-state index contributed by atoms with van der Waals surface area (Å²) >= 11 is 0. The molecule has 0 aliphatic heterocycles. The number of phosphoric ester groups is 1. The molecule has 0 saturated carbocycles.